The summed E-state index contributed by atoms with van der Waals surface area (Å²) in [6.45, 7) is 1.67. The van der Waals surface area contributed by atoms with Crippen molar-refractivity contribution in [2.75, 3.05) is 47.5 Å². The van der Waals surface area contributed by atoms with Crippen LogP contribution in [0.3, 0.4) is 0 Å². The predicted molar refractivity (Wildman–Crippen MR) is 126 cm³/mol. The summed E-state index contributed by atoms with van der Waals surface area (Å²) < 4.78 is 20.1. The minimum Gasteiger partial charge on any atom is -0.442 e. The topological polar surface area (TPSA) is 79.0 Å². The van der Waals surface area contributed by atoms with Gasteiger partial charge in [-0.25, -0.2) is 9.18 Å². The Hall–Kier alpha value is -3.33. The number of rotatable bonds is 7. The Labute approximate surface area is 195 Å². The van der Waals surface area contributed by atoms with Gasteiger partial charge in [0.15, 0.2) is 5.78 Å². The quantitative estimate of drug-likeness (QED) is 0.495. The number of anilines is 2. The monoisotopic (exact) mass is 469 g/mol. The first-order chi connectivity index (χ1) is 16.0. The minimum absolute atomic E-state index is 0.0793. The van der Waals surface area contributed by atoms with Gasteiger partial charge in [0.05, 0.1) is 24.5 Å². The van der Waals surface area contributed by atoms with Crippen molar-refractivity contribution in [3.63, 3.8) is 0 Å². The van der Waals surface area contributed by atoms with Crippen LogP contribution in [0.2, 0.25) is 0 Å². The van der Waals surface area contributed by atoms with Gasteiger partial charge >= 0.3 is 6.09 Å². The van der Waals surface area contributed by atoms with Crippen LogP contribution in [-0.4, -0.2) is 61.6 Å². The maximum Gasteiger partial charge on any atom is 0.414 e. The lowest BCUT2D eigenvalue weighted by Gasteiger charge is -2.32. The average Bonchev–Trinajstić information content (AvgIpc) is 3.22. The summed E-state index contributed by atoms with van der Waals surface area (Å²) >= 11 is 1.82. The van der Waals surface area contributed by atoms with Gasteiger partial charge in [-0.1, -0.05) is 36.4 Å². The van der Waals surface area contributed by atoms with E-state index in [9.17, 15) is 18.8 Å². The molecule has 7 nitrogen and oxygen atoms in total. The van der Waals surface area contributed by atoms with E-state index in [-0.39, 0.29) is 24.7 Å². The van der Waals surface area contributed by atoms with E-state index >= 15 is 0 Å². The second-order valence-electron chi connectivity index (χ2n) is 7.63. The van der Waals surface area contributed by atoms with Gasteiger partial charge in [0.1, 0.15) is 11.9 Å². The van der Waals surface area contributed by atoms with Crippen molar-refractivity contribution in [2.24, 2.45) is 0 Å². The summed E-state index contributed by atoms with van der Waals surface area (Å²) in [6, 6.07) is 13.3. The molecule has 2 aliphatic heterocycles. The highest BCUT2D eigenvalue weighted by molar-refractivity contribution is 7.99. The molecule has 0 saturated carbocycles. The third kappa shape index (κ3) is 5.54. The van der Waals surface area contributed by atoms with E-state index in [0.717, 1.165) is 17.6 Å². The number of carbonyl (C=O) groups excluding carboxylic acids is 3. The lowest BCUT2D eigenvalue weighted by molar-refractivity contribution is -0.116. The molecule has 2 amide bonds. The van der Waals surface area contributed by atoms with Crippen molar-refractivity contribution in [3.05, 3.63) is 72.1 Å². The number of allylic oxidation sites excluding steroid dienone is 1. The largest absolute Gasteiger partial charge is 0.442 e. The van der Waals surface area contributed by atoms with E-state index in [1.807, 2.05) is 16.7 Å². The Morgan fingerprint density at radius 1 is 1.09 bits per heavy atom. The summed E-state index contributed by atoms with van der Waals surface area (Å²) in [5.74, 6) is 0.669. The number of para-hydroxylation sites is 1. The fourth-order valence-electron chi connectivity index (χ4n) is 3.77. The number of carbonyl (C=O) groups is 3. The molecule has 2 aliphatic rings. The van der Waals surface area contributed by atoms with Crippen molar-refractivity contribution in [1.29, 1.82) is 0 Å². The second kappa shape index (κ2) is 10.5. The third-order valence-corrected chi connectivity index (χ3v) is 6.35. The molecule has 1 unspecified atom stereocenters. The van der Waals surface area contributed by atoms with Crippen LogP contribution in [0.4, 0.5) is 20.6 Å². The normalized spacial score (nSPS) is 18.5. The van der Waals surface area contributed by atoms with Gasteiger partial charge in [0, 0.05) is 36.2 Å². The fraction of sp³-hybridized carbons (Fsp3) is 0.292. The molecule has 0 aromatic heterocycles. The smallest absolute Gasteiger partial charge is 0.414 e. The summed E-state index contributed by atoms with van der Waals surface area (Å²) in [4.78, 5) is 40.1. The number of benzene rings is 2. The Bertz CT molecular complexity index is 1060. The van der Waals surface area contributed by atoms with Gasteiger partial charge in [0.25, 0.3) is 0 Å². The maximum atomic E-state index is 14.7. The second-order valence-corrected chi connectivity index (χ2v) is 8.86. The van der Waals surface area contributed by atoms with Crippen LogP contribution in [0.1, 0.15) is 10.4 Å². The fourth-order valence-corrected chi connectivity index (χ4v) is 4.67. The molecule has 2 aromatic rings. The number of halogens is 1. The lowest BCUT2D eigenvalue weighted by atomic mass is 10.1. The molecule has 172 valence electrons. The molecule has 1 N–H and O–H groups in total. The molecular formula is C24H24FN3O4S. The van der Waals surface area contributed by atoms with E-state index in [4.69, 9.17) is 4.74 Å². The van der Waals surface area contributed by atoms with Crippen molar-refractivity contribution < 1.29 is 23.5 Å². The van der Waals surface area contributed by atoms with E-state index in [1.54, 1.807) is 42.5 Å². The standard InChI is InChI=1S/C24H24FN3O4S/c25-19-7-4-8-20(23(19)27-11-13-33-14-12-27)28-16-18(32-24(28)31)15-26-22(30)10-9-21(29)17-5-2-1-3-6-17/h1-10,18H,11-16H2,(H,26,30). The van der Waals surface area contributed by atoms with E-state index in [1.165, 1.54) is 17.0 Å². The summed E-state index contributed by atoms with van der Waals surface area (Å²) in [7, 11) is 0. The van der Waals surface area contributed by atoms with Crippen molar-refractivity contribution in [3.8, 4) is 0 Å². The van der Waals surface area contributed by atoms with Gasteiger partial charge in [-0.3, -0.25) is 14.5 Å². The molecule has 33 heavy (non-hydrogen) atoms. The van der Waals surface area contributed by atoms with Crippen LogP contribution in [-0.2, 0) is 9.53 Å². The summed E-state index contributed by atoms with van der Waals surface area (Å²) in [6.07, 6.45) is 1.19. The molecule has 4 rings (SSSR count). The molecule has 0 aliphatic carbocycles. The highest BCUT2D eigenvalue weighted by atomic mass is 32.2. The molecule has 2 saturated heterocycles. The third-order valence-electron chi connectivity index (χ3n) is 5.41. The Morgan fingerprint density at radius 3 is 2.61 bits per heavy atom. The zero-order chi connectivity index (χ0) is 23.2. The van der Waals surface area contributed by atoms with E-state index in [0.29, 0.717) is 30.0 Å². The number of nitrogens with zero attached hydrogens (tertiary/aromatic N) is 2. The number of hydrogen-bond donors (Lipinski definition) is 1. The van der Waals surface area contributed by atoms with Gasteiger partial charge in [-0.05, 0) is 18.2 Å². The van der Waals surface area contributed by atoms with Crippen LogP contribution in [0.15, 0.2) is 60.7 Å². The average molecular weight is 470 g/mol. The summed E-state index contributed by atoms with van der Waals surface area (Å²) in [5.41, 5.74) is 1.36. The predicted octanol–water partition coefficient (Wildman–Crippen LogP) is 3.26. The maximum absolute atomic E-state index is 14.7. The van der Waals surface area contributed by atoms with Crippen molar-refractivity contribution >= 4 is 40.9 Å². The lowest BCUT2D eigenvalue weighted by Crippen LogP contribution is -2.36. The van der Waals surface area contributed by atoms with Crippen LogP contribution >= 0.6 is 11.8 Å². The van der Waals surface area contributed by atoms with Crippen LogP contribution in [0.5, 0.6) is 0 Å². The molecule has 2 fully saturated rings. The number of cyclic esters (lactones) is 1. The number of amides is 2. The summed E-state index contributed by atoms with van der Waals surface area (Å²) in [5, 5.41) is 2.64. The van der Waals surface area contributed by atoms with Gasteiger partial charge in [-0.2, -0.15) is 11.8 Å². The van der Waals surface area contributed by atoms with Crippen molar-refractivity contribution in [1.82, 2.24) is 5.32 Å². The first-order valence-electron chi connectivity index (χ1n) is 10.7. The molecule has 9 heteroatoms. The highest BCUT2D eigenvalue weighted by Crippen LogP contribution is 2.35. The number of nitrogens with one attached hydrogen (secondary N) is 1. The van der Waals surface area contributed by atoms with E-state index in [2.05, 4.69) is 5.32 Å². The van der Waals surface area contributed by atoms with Gasteiger partial charge in [-0.15, -0.1) is 0 Å². The molecule has 2 aromatic carbocycles. The van der Waals surface area contributed by atoms with Crippen LogP contribution in [0, 0.1) is 5.82 Å². The van der Waals surface area contributed by atoms with Crippen LogP contribution in [0.25, 0.3) is 0 Å². The Kier molecular flexibility index (Phi) is 7.29. The molecule has 0 radical (unpaired) electrons. The Balaban J connectivity index is 1.36. The number of ether oxygens (including phenoxy) is 1. The van der Waals surface area contributed by atoms with E-state index < -0.39 is 18.1 Å². The van der Waals surface area contributed by atoms with Crippen molar-refractivity contribution in [2.45, 2.75) is 6.10 Å². The van der Waals surface area contributed by atoms with Gasteiger partial charge < -0.3 is 15.0 Å². The number of hydrogen-bond acceptors (Lipinski definition) is 6. The number of thioether (sulfide) groups is 1. The van der Waals surface area contributed by atoms with Gasteiger partial charge in [0.2, 0.25) is 5.91 Å². The Morgan fingerprint density at radius 2 is 1.85 bits per heavy atom. The molecular weight excluding hydrogens is 445 g/mol. The SMILES string of the molecule is O=C(C=CC(=O)c1ccccc1)NCC1CN(c2cccc(F)c2N2CCSCC2)C(=O)O1. The highest BCUT2D eigenvalue weighted by Gasteiger charge is 2.35. The molecule has 1 atom stereocenters. The minimum atomic E-state index is -0.590. The van der Waals surface area contributed by atoms with Crippen LogP contribution < -0.4 is 15.1 Å². The first-order valence-corrected chi connectivity index (χ1v) is 11.8. The zero-order valence-corrected chi connectivity index (χ0v) is 18.7. The number of ketones is 1. The molecule has 0 spiro atoms. The zero-order valence-electron chi connectivity index (χ0n) is 17.9. The molecule has 0 bridgehead atoms. The first kappa shape index (κ1) is 22.8. The molecule has 2 heterocycles.